The topological polar surface area (TPSA) is 123 Å². The Morgan fingerprint density at radius 2 is 1.84 bits per heavy atom. The number of hydrogen-bond acceptors (Lipinski definition) is 6. The summed E-state index contributed by atoms with van der Waals surface area (Å²) < 4.78 is 33.8. The Bertz CT molecular complexity index is 853. The molecular weight excluding hydrogens is 350 g/mol. The van der Waals surface area contributed by atoms with Crippen molar-refractivity contribution in [1.82, 2.24) is 5.32 Å². The van der Waals surface area contributed by atoms with Crippen LogP contribution in [0.1, 0.15) is 26.7 Å². The second-order valence-corrected chi connectivity index (χ2v) is 7.20. The lowest BCUT2D eigenvalue weighted by Crippen LogP contribution is -2.22. The van der Waals surface area contributed by atoms with Crippen molar-refractivity contribution in [2.75, 3.05) is 19.5 Å². The highest BCUT2D eigenvalue weighted by molar-refractivity contribution is 7.91. The quantitative estimate of drug-likeness (QED) is 0.721. The van der Waals surface area contributed by atoms with Crippen LogP contribution in [-0.4, -0.2) is 44.9 Å². The Kier molecular flexibility index (Phi) is 5.94. The maximum absolute atomic E-state index is 12.1. The van der Waals surface area contributed by atoms with Crippen molar-refractivity contribution in [3.05, 3.63) is 53.5 Å². The monoisotopic (exact) mass is 367 g/mol. The lowest BCUT2D eigenvalue weighted by Gasteiger charge is -2.06. The number of amides is 1. The summed E-state index contributed by atoms with van der Waals surface area (Å²) >= 11 is 0. The molecule has 0 aliphatic heterocycles. The van der Waals surface area contributed by atoms with Gasteiger partial charge in [0.15, 0.2) is 9.84 Å². The van der Waals surface area contributed by atoms with Crippen LogP contribution in [0.4, 0.5) is 0 Å². The third-order valence-electron chi connectivity index (χ3n) is 3.33. The molecule has 8 nitrogen and oxygen atoms in total. The lowest BCUT2D eigenvalue weighted by molar-refractivity contribution is 0.0660. The molecule has 1 amide bonds. The first kappa shape index (κ1) is 18.7. The van der Waals surface area contributed by atoms with E-state index in [0.29, 0.717) is 5.76 Å². The molecule has 0 atom stereocenters. The van der Waals surface area contributed by atoms with E-state index in [0.717, 1.165) is 0 Å². The number of carbonyl (C=O) groups is 2. The smallest absolute Gasteiger partial charge is 0.371 e. The number of nitrogens with one attached hydrogen (secondary N) is 1. The van der Waals surface area contributed by atoms with Crippen molar-refractivity contribution in [2.24, 2.45) is 0 Å². The first-order valence-corrected chi connectivity index (χ1v) is 8.90. The summed E-state index contributed by atoms with van der Waals surface area (Å²) in [5.41, 5.74) is 0.274. The molecule has 9 heteroatoms. The third kappa shape index (κ3) is 4.91. The first-order valence-electron chi connectivity index (χ1n) is 7.25. The predicted octanol–water partition coefficient (Wildman–Crippen LogP) is 1.33. The van der Waals surface area contributed by atoms with Crippen LogP contribution in [0.25, 0.3) is 0 Å². The minimum atomic E-state index is -3.45. The van der Waals surface area contributed by atoms with Crippen LogP contribution in [0.15, 0.2) is 45.7 Å². The standard InChI is InChI=1S/C16H17NO7S/c1-23-8-9-25(21,22)13-5-2-11(3-6-13)15(18)17-10-12-4-7-14(24-12)16(19)20/h2-7H,8-10H2,1H3,(H,17,18)(H,19,20). The van der Waals surface area contributed by atoms with Crippen molar-refractivity contribution in [3.63, 3.8) is 0 Å². The average molecular weight is 367 g/mol. The number of ether oxygens (including phenoxy) is 1. The number of carboxylic acids is 1. The van der Waals surface area contributed by atoms with Crippen LogP contribution in [-0.2, 0) is 21.1 Å². The molecular formula is C16H17NO7S. The SMILES string of the molecule is COCCS(=O)(=O)c1ccc(C(=O)NCc2ccc(C(=O)O)o2)cc1. The van der Waals surface area contributed by atoms with Crippen molar-refractivity contribution < 1.29 is 32.3 Å². The normalized spacial score (nSPS) is 11.2. The summed E-state index contributed by atoms with van der Waals surface area (Å²) in [5, 5.41) is 11.3. The second kappa shape index (κ2) is 7.95. The van der Waals surface area contributed by atoms with E-state index in [2.05, 4.69) is 5.32 Å². The van der Waals surface area contributed by atoms with Crippen LogP contribution in [0.2, 0.25) is 0 Å². The molecule has 0 saturated carbocycles. The number of carboxylic acid groups (broad SMARTS) is 1. The van der Waals surface area contributed by atoms with Gasteiger partial charge in [-0.3, -0.25) is 4.79 Å². The number of benzene rings is 1. The molecule has 0 aliphatic carbocycles. The number of methoxy groups -OCH3 is 1. The van der Waals surface area contributed by atoms with Gasteiger partial charge in [-0.15, -0.1) is 0 Å². The summed E-state index contributed by atoms with van der Waals surface area (Å²) in [4.78, 5) is 22.9. The largest absolute Gasteiger partial charge is 0.475 e. The lowest BCUT2D eigenvalue weighted by atomic mass is 10.2. The zero-order valence-electron chi connectivity index (χ0n) is 13.4. The van der Waals surface area contributed by atoms with Gasteiger partial charge in [0, 0.05) is 12.7 Å². The van der Waals surface area contributed by atoms with Gasteiger partial charge in [-0.1, -0.05) is 0 Å². The van der Waals surface area contributed by atoms with Gasteiger partial charge >= 0.3 is 5.97 Å². The van der Waals surface area contributed by atoms with Crippen molar-refractivity contribution in [1.29, 1.82) is 0 Å². The van der Waals surface area contributed by atoms with Crippen LogP contribution in [0, 0.1) is 0 Å². The number of carbonyl (C=O) groups excluding carboxylic acids is 1. The van der Waals surface area contributed by atoms with Gasteiger partial charge < -0.3 is 19.6 Å². The van der Waals surface area contributed by atoms with Crippen LogP contribution < -0.4 is 5.32 Å². The van der Waals surface area contributed by atoms with E-state index in [1.54, 1.807) is 0 Å². The van der Waals surface area contributed by atoms with E-state index in [1.165, 1.54) is 43.5 Å². The van der Waals surface area contributed by atoms with Crippen LogP contribution in [0.5, 0.6) is 0 Å². The van der Waals surface area contributed by atoms with E-state index in [1.807, 2.05) is 0 Å². The van der Waals surface area contributed by atoms with Gasteiger partial charge in [0.2, 0.25) is 5.76 Å². The van der Waals surface area contributed by atoms with Gasteiger partial charge in [-0.2, -0.15) is 0 Å². The number of hydrogen-bond donors (Lipinski definition) is 2. The molecule has 1 aromatic carbocycles. The summed E-state index contributed by atoms with van der Waals surface area (Å²) in [6.07, 6.45) is 0. The molecule has 2 N–H and O–H groups in total. The first-order chi connectivity index (χ1) is 11.8. The molecule has 2 aromatic rings. The van der Waals surface area contributed by atoms with Gasteiger partial charge in [0.25, 0.3) is 5.91 Å². The molecule has 0 saturated heterocycles. The summed E-state index contributed by atoms with van der Waals surface area (Å²) in [6, 6.07) is 8.27. The summed E-state index contributed by atoms with van der Waals surface area (Å²) in [6.45, 7) is 0.103. The molecule has 0 unspecified atom stereocenters. The van der Waals surface area contributed by atoms with Gasteiger partial charge in [0.1, 0.15) is 5.76 Å². The van der Waals surface area contributed by atoms with E-state index < -0.39 is 21.7 Å². The molecule has 1 heterocycles. The fourth-order valence-corrected chi connectivity index (χ4v) is 3.15. The van der Waals surface area contributed by atoms with Crippen LogP contribution >= 0.6 is 0 Å². The maximum atomic E-state index is 12.1. The predicted molar refractivity (Wildman–Crippen MR) is 87.2 cm³/mol. The van der Waals surface area contributed by atoms with Crippen molar-refractivity contribution in [3.8, 4) is 0 Å². The Morgan fingerprint density at radius 1 is 1.16 bits per heavy atom. The van der Waals surface area contributed by atoms with E-state index in [-0.39, 0.29) is 35.1 Å². The number of furan rings is 1. The molecule has 1 aromatic heterocycles. The zero-order valence-corrected chi connectivity index (χ0v) is 14.2. The zero-order chi connectivity index (χ0) is 18.4. The summed E-state index contributed by atoms with van der Waals surface area (Å²) in [5.74, 6) is -1.68. The van der Waals surface area contributed by atoms with Crippen LogP contribution in [0.3, 0.4) is 0 Å². The molecule has 134 valence electrons. The van der Waals surface area contributed by atoms with Crippen molar-refractivity contribution >= 4 is 21.7 Å². The molecule has 0 spiro atoms. The molecule has 0 aliphatic rings. The van der Waals surface area contributed by atoms with Gasteiger partial charge in [-0.25, -0.2) is 13.2 Å². The average Bonchev–Trinajstić information content (AvgIpc) is 3.07. The van der Waals surface area contributed by atoms with E-state index >= 15 is 0 Å². The van der Waals surface area contributed by atoms with E-state index in [4.69, 9.17) is 14.3 Å². The highest BCUT2D eigenvalue weighted by atomic mass is 32.2. The fourth-order valence-electron chi connectivity index (χ4n) is 1.98. The van der Waals surface area contributed by atoms with Crippen molar-refractivity contribution in [2.45, 2.75) is 11.4 Å². The number of aromatic carboxylic acids is 1. The third-order valence-corrected chi connectivity index (χ3v) is 5.02. The summed E-state index contributed by atoms with van der Waals surface area (Å²) in [7, 11) is -2.03. The number of rotatable bonds is 8. The minimum absolute atomic E-state index is 0.0139. The Hall–Kier alpha value is -2.65. The highest BCUT2D eigenvalue weighted by Crippen LogP contribution is 2.13. The second-order valence-electron chi connectivity index (χ2n) is 5.09. The Morgan fingerprint density at radius 3 is 2.40 bits per heavy atom. The Balaban J connectivity index is 1.99. The molecule has 2 rings (SSSR count). The maximum Gasteiger partial charge on any atom is 0.371 e. The van der Waals surface area contributed by atoms with E-state index in [9.17, 15) is 18.0 Å². The highest BCUT2D eigenvalue weighted by Gasteiger charge is 2.15. The molecule has 0 bridgehead atoms. The Labute approximate surface area is 144 Å². The number of sulfone groups is 1. The molecule has 25 heavy (non-hydrogen) atoms. The fraction of sp³-hybridized carbons (Fsp3) is 0.250. The minimum Gasteiger partial charge on any atom is -0.475 e. The molecule has 0 fully saturated rings. The molecule has 0 radical (unpaired) electrons. The van der Waals surface area contributed by atoms with Gasteiger partial charge in [0.05, 0.1) is 23.8 Å². The van der Waals surface area contributed by atoms with Gasteiger partial charge in [-0.05, 0) is 36.4 Å².